The summed E-state index contributed by atoms with van der Waals surface area (Å²) in [6, 6.07) is 10.5. The molecule has 1 unspecified atom stereocenters. The molecule has 1 aliphatic rings. The van der Waals surface area contributed by atoms with Crippen LogP contribution >= 0.6 is 0 Å². The van der Waals surface area contributed by atoms with Gasteiger partial charge >= 0.3 is 0 Å². The second-order valence-corrected chi connectivity index (χ2v) is 9.96. The summed E-state index contributed by atoms with van der Waals surface area (Å²) in [4.78, 5) is 3.52. The minimum absolute atomic E-state index is 0.0359. The highest BCUT2D eigenvalue weighted by molar-refractivity contribution is 7.92. The molecule has 0 saturated heterocycles. The fourth-order valence-electron chi connectivity index (χ4n) is 4.12. The smallest absolute Gasteiger partial charge is 0.229 e. The number of aromatic nitrogens is 1. The van der Waals surface area contributed by atoms with Crippen LogP contribution in [0.5, 0.6) is 11.5 Å². The minimum atomic E-state index is -3.53. The largest absolute Gasteiger partial charge is 0.506 e. The molecule has 9 heteroatoms. The highest BCUT2D eigenvalue weighted by Gasteiger charge is 2.16. The van der Waals surface area contributed by atoms with E-state index < -0.39 is 16.1 Å². The first kappa shape index (κ1) is 22.4. The SMILES string of the molecule is CS(=O)(=O)Nc1cc(C(O)CNCCOc2ccc3c4c([nH]c3c2)CCCC4)ccc1O. The van der Waals surface area contributed by atoms with Gasteiger partial charge in [0.05, 0.1) is 18.0 Å². The molecule has 1 atom stereocenters. The van der Waals surface area contributed by atoms with E-state index in [1.165, 1.54) is 41.6 Å². The monoisotopic (exact) mass is 459 g/mol. The number of aryl methyl sites for hydroxylation is 2. The summed E-state index contributed by atoms with van der Waals surface area (Å²) >= 11 is 0. The van der Waals surface area contributed by atoms with Crippen molar-refractivity contribution in [1.82, 2.24) is 10.3 Å². The summed E-state index contributed by atoms with van der Waals surface area (Å²) in [7, 11) is -3.53. The van der Waals surface area contributed by atoms with Gasteiger partial charge in [-0.1, -0.05) is 6.07 Å². The summed E-state index contributed by atoms with van der Waals surface area (Å²) in [5.41, 5.74) is 4.43. The number of sulfonamides is 1. The number of hydrogen-bond donors (Lipinski definition) is 5. The lowest BCUT2D eigenvalue weighted by molar-refractivity contribution is 0.172. The third-order valence-electron chi connectivity index (χ3n) is 5.66. The normalized spacial score (nSPS) is 14.8. The predicted molar refractivity (Wildman–Crippen MR) is 125 cm³/mol. The number of aromatic amines is 1. The molecule has 0 bridgehead atoms. The van der Waals surface area contributed by atoms with Crippen LogP contribution in [0.1, 0.15) is 35.8 Å². The first-order chi connectivity index (χ1) is 15.3. The van der Waals surface area contributed by atoms with Crippen molar-refractivity contribution in [2.24, 2.45) is 0 Å². The van der Waals surface area contributed by atoms with Crippen LogP contribution in [0.2, 0.25) is 0 Å². The first-order valence-corrected chi connectivity index (χ1v) is 12.6. The van der Waals surface area contributed by atoms with Gasteiger partial charge in [-0.15, -0.1) is 0 Å². The Balaban J connectivity index is 1.27. The number of phenols is 1. The van der Waals surface area contributed by atoms with Crippen LogP contribution in [0.4, 0.5) is 5.69 Å². The number of anilines is 1. The van der Waals surface area contributed by atoms with Crippen molar-refractivity contribution in [3.63, 3.8) is 0 Å². The van der Waals surface area contributed by atoms with Crippen LogP contribution in [0.3, 0.4) is 0 Å². The van der Waals surface area contributed by atoms with E-state index in [0.717, 1.165) is 30.4 Å². The number of aliphatic hydroxyl groups excluding tert-OH is 1. The molecule has 0 radical (unpaired) electrons. The van der Waals surface area contributed by atoms with Crippen LogP contribution in [-0.4, -0.2) is 49.6 Å². The topological polar surface area (TPSA) is 124 Å². The maximum atomic E-state index is 11.4. The van der Waals surface area contributed by atoms with E-state index in [0.29, 0.717) is 18.7 Å². The Kier molecular flexibility index (Phi) is 6.59. The third kappa shape index (κ3) is 5.35. The molecule has 1 aliphatic carbocycles. The van der Waals surface area contributed by atoms with Gasteiger partial charge in [0.1, 0.15) is 18.1 Å². The second kappa shape index (κ2) is 9.40. The van der Waals surface area contributed by atoms with E-state index in [1.54, 1.807) is 6.07 Å². The number of aliphatic hydroxyl groups is 1. The zero-order chi connectivity index (χ0) is 22.7. The summed E-state index contributed by atoms with van der Waals surface area (Å²) < 4.78 is 30.9. The lowest BCUT2D eigenvalue weighted by Gasteiger charge is -2.15. The van der Waals surface area contributed by atoms with E-state index in [9.17, 15) is 18.6 Å². The predicted octanol–water partition coefficient (Wildman–Crippen LogP) is 2.83. The standard InChI is InChI=1S/C23H29N3O5S/c1-32(29,30)26-21-12-15(6-9-22(21)27)23(28)14-24-10-11-31-16-7-8-18-17-4-2-3-5-19(17)25-20(18)13-16/h6-9,12-13,23-28H,2-5,10-11,14H2,1H3. The number of H-pyrrole nitrogens is 1. The summed E-state index contributed by atoms with van der Waals surface area (Å²) in [5.74, 6) is 0.598. The fraction of sp³-hybridized carbons (Fsp3) is 0.391. The first-order valence-electron chi connectivity index (χ1n) is 10.8. The molecule has 0 spiro atoms. The molecule has 0 aliphatic heterocycles. The lowest BCUT2D eigenvalue weighted by Crippen LogP contribution is -2.26. The quantitative estimate of drug-likeness (QED) is 0.248. The molecule has 3 aromatic rings. The number of fused-ring (bicyclic) bond motifs is 3. The van der Waals surface area contributed by atoms with E-state index in [1.807, 2.05) is 12.1 Å². The van der Waals surface area contributed by atoms with Gasteiger partial charge in [0, 0.05) is 35.8 Å². The van der Waals surface area contributed by atoms with Gasteiger partial charge in [-0.05, 0) is 61.1 Å². The number of benzene rings is 2. The highest BCUT2D eigenvalue weighted by atomic mass is 32.2. The molecule has 172 valence electrons. The molecule has 8 nitrogen and oxygen atoms in total. The van der Waals surface area contributed by atoms with Crippen LogP contribution in [0.15, 0.2) is 36.4 Å². The van der Waals surface area contributed by atoms with Gasteiger partial charge in [0.15, 0.2) is 0 Å². The zero-order valence-corrected chi connectivity index (χ0v) is 18.8. The Morgan fingerprint density at radius 1 is 1.16 bits per heavy atom. The Bertz CT molecular complexity index is 1210. The molecular formula is C23H29N3O5S. The maximum Gasteiger partial charge on any atom is 0.229 e. The van der Waals surface area contributed by atoms with Crippen LogP contribution < -0.4 is 14.8 Å². The van der Waals surface area contributed by atoms with Crippen molar-refractivity contribution >= 4 is 26.6 Å². The summed E-state index contributed by atoms with van der Waals surface area (Å²) in [6.07, 6.45) is 4.86. The van der Waals surface area contributed by atoms with Crippen molar-refractivity contribution < 1.29 is 23.4 Å². The van der Waals surface area contributed by atoms with Crippen molar-refractivity contribution in [1.29, 1.82) is 0 Å². The molecule has 0 fully saturated rings. The summed E-state index contributed by atoms with van der Waals surface area (Å²) in [5, 5.41) is 24.6. The second-order valence-electron chi connectivity index (χ2n) is 8.22. The highest BCUT2D eigenvalue weighted by Crippen LogP contribution is 2.31. The van der Waals surface area contributed by atoms with Crippen molar-refractivity contribution in [3.8, 4) is 11.5 Å². The third-order valence-corrected chi connectivity index (χ3v) is 6.25. The number of rotatable bonds is 9. The van der Waals surface area contributed by atoms with Crippen molar-refractivity contribution in [2.75, 3.05) is 30.7 Å². The molecule has 4 rings (SSSR count). The Labute approximate surface area is 187 Å². The van der Waals surface area contributed by atoms with Gasteiger partial charge in [0.2, 0.25) is 10.0 Å². The van der Waals surface area contributed by atoms with E-state index in [-0.39, 0.29) is 18.0 Å². The molecular weight excluding hydrogens is 430 g/mol. The molecule has 32 heavy (non-hydrogen) atoms. The van der Waals surface area contributed by atoms with Gasteiger partial charge in [0.25, 0.3) is 0 Å². The van der Waals surface area contributed by atoms with Gasteiger partial charge in [-0.2, -0.15) is 0 Å². The molecule has 0 saturated carbocycles. The maximum absolute atomic E-state index is 11.4. The van der Waals surface area contributed by atoms with Crippen LogP contribution in [-0.2, 0) is 22.9 Å². The Hall–Kier alpha value is -2.75. The zero-order valence-electron chi connectivity index (χ0n) is 18.0. The number of nitrogens with one attached hydrogen (secondary N) is 3. The molecule has 2 aromatic carbocycles. The average Bonchev–Trinajstić information content (AvgIpc) is 3.11. The lowest BCUT2D eigenvalue weighted by atomic mass is 9.96. The minimum Gasteiger partial charge on any atom is -0.506 e. The van der Waals surface area contributed by atoms with E-state index >= 15 is 0 Å². The van der Waals surface area contributed by atoms with E-state index in [4.69, 9.17) is 4.74 Å². The number of phenolic OH excluding ortho intramolecular Hbond substituents is 1. The van der Waals surface area contributed by atoms with Crippen LogP contribution in [0.25, 0.3) is 10.9 Å². The van der Waals surface area contributed by atoms with Crippen molar-refractivity contribution in [2.45, 2.75) is 31.8 Å². The Morgan fingerprint density at radius 3 is 2.78 bits per heavy atom. The number of ether oxygens (including phenoxy) is 1. The molecule has 5 N–H and O–H groups in total. The molecule has 0 amide bonds. The van der Waals surface area contributed by atoms with E-state index in [2.05, 4.69) is 21.1 Å². The molecule has 1 aromatic heterocycles. The Morgan fingerprint density at radius 2 is 1.97 bits per heavy atom. The van der Waals surface area contributed by atoms with Gasteiger partial charge < -0.3 is 25.3 Å². The number of hydrogen-bond acceptors (Lipinski definition) is 6. The van der Waals surface area contributed by atoms with Crippen LogP contribution in [0, 0.1) is 0 Å². The van der Waals surface area contributed by atoms with Gasteiger partial charge in [-0.25, -0.2) is 8.42 Å². The van der Waals surface area contributed by atoms with Gasteiger partial charge in [-0.3, -0.25) is 4.72 Å². The average molecular weight is 460 g/mol. The number of aromatic hydroxyl groups is 1. The van der Waals surface area contributed by atoms with Crippen molar-refractivity contribution in [3.05, 3.63) is 53.2 Å². The molecule has 1 heterocycles. The fourth-order valence-corrected chi connectivity index (χ4v) is 4.69. The summed E-state index contributed by atoms with van der Waals surface area (Å²) in [6.45, 7) is 1.23.